The van der Waals surface area contributed by atoms with E-state index >= 15 is 0 Å². The van der Waals surface area contributed by atoms with Crippen molar-refractivity contribution >= 4 is 22.9 Å². The number of nitrogens with two attached hydrogens (primary N) is 1. The Hall–Kier alpha value is -0.990. The summed E-state index contributed by atoms with van der Waals surface area (Å²) >= 11 is 5.97. The molecule has 1 aliphatic rings. The summed E-state index contributed by atoms with van der Waals surface area (Å²) < 4.78 is 0. The van der Waals surface area contributed by atoms with Crippen LogP contribution in [0, 0.1) is 0 Å². The second-order valence-corrected chi connectivity index (χ2v) is 4.18. The van der Waals surface area contributed by atoms with E-state index in [1.54, 1.807) is 0 Å². The third-order valence-corrected chi connectivity index (χ3v) is 2.97. The number of hydrogen-bond donors (Lipinski definition) is 2. The summed E-state index contributed by atoms with van der Waals surface area (Å²) in [7, 11) is 0. The van der Waals surface area contributed by atoms with Crippen molar-refractivity contribution in [3.63, 3.8) is 0 Å². The van der Waals surface area contributed by atoms with Crippen molar-refractivity contribution in [3.8, 4) is 0 Å². The lowest BCUT2D eigenvalue weighted by molar-refractivity contribution is 0.825. The van der Waals surface area contributed by atoms with Crippen molar-refractivity contribution in [3.05, 3.63) is 34.9 Å². The van der Waals surface area contributed by atoms with Gasteiger partial charge in [-0.15, -0.1) is 0 Å². The van der Waals surface area contributed by atoms with E-state index in [-0.39, 0.29) is 0 Å². The van der Waals surface area contributed by atoms with Gasteiger partial charge in [0.1, 0.15) is 0 Å². The van der Waals surface area contributed by atoms with Crippen LogP contribution in [-0.2, 0) is 0 Å². The average molecular weight is 223 g/mol. The van der Waals surface area contributed by atoms with Crippen LogP contribution in [0.4, 0.5) is 5.69 Å². The van der Waals surface area contributed by atoms with E-state index in [1.165, 1.54) is 5.57 Å². The van der Waals surface area contributed by atoms with Gasteiger partial charge in [-0.25, -0.2) is 0 Å². The average Bonchev–Trinajstić information content (AvgIpc) is 2.27. The molecule has 15 heavy (non-hydrogen) atoms. The highest BCUT2D eigenvalue weighted by Crippen LogP contribution is 2.31. The number of anilines is 1. The van der Waals surface area contributed by atoms with Crippen LogP contribution in [0.25, 0.3) is 5.57 Å². The molecule has 2 nitrogen and oxygen atoms in total. The molecule has 0 saturated carbocycles. The Balaban J connectivity index is 2.46. The summed E-state index contributed by atoms with van der Waals surface area (Å²) in [4.78, 5) is 0. The van der Waals surface area contributed by atoms with Gasteiger partial charge in [0.15, 0.2) is 0 Å². The van der Waals surface area contributed by atoms with Gasteiger partial charge >= 0.3 is 0 Å². The van der Waals surface area contributed by atoms with Crippen molar-refractivity contribution in [1.29, 1.82) is 0 Å². The molecule has 0 amide bonds. The second kappa shape index (κ2) is 4.25. The largest absolute Gasteiger partial charge is 0.378 e. The first kappa shape index (κ1) is 10.5. The molecule has 1 aromatic carbocycles. The maximum absolute atomic E-state index is 5.97. The molecule has 0 saturated heterocycles. The lowest BCUT2D eigenvalue weighted by atomic mass is 9.96. The Morgan fingerprint density at radius 3 is 2.93 bits per heavy atom. The van der Waals surface area contributed by atoms with Gasteiger partial charge in [-0.05, 0) is 30.2 Å². The van der Waals surface area contributed by atoms with Gasteiger partial charge in [-0.3, -0.25) is 0 Å². The fourth-order valence-electron chi connectivity index (χ4n) is 1.88. The van der Waals surface area contributed by atoms with Crippen LogP contribution < -0.4 is 11.1 Å². The molecule has 1 aromatic rings. The lowest BCUT2D eigenvalue weighted by Crippen LogP contribution is -2.22. The highest BCUT2D eigenvalue weighted by Gasteiger charge is 2.16. The Kier molecular flexibility index (Phi) is 2.98. The molecule has 0 spiro atoms. The van der Waals surface area contributed by atoms with Gasteiger partial charge in [-0.1, -0.05) is 24.6 Å². The molecule has 1 unspecified atom stereocenters. The quantitative estimate of drug-likeness (QED) is 0.808. The van der Waals surface area contributed by atoms with Gasteiger partial charge in [-0.2, -0.15) is 0 Å². The number of hydrogen-bond acceptors (Lipinski definition) is 2. The van der Waals surface area contributed by atoms with E-state index in [2.05, 4.69) is 18.3 Å². The van der Waals surface area contributed by atoms with Crippen molar-refractivity contribution in [2.75, 3.05) is 11.9 Å². The first-order valence-electron chi connectivity index (χ1n) is 5.21. The summed E-state index contributed by atoms with van der Waals surface area (Å²) in [6.45, 7) is 2.72. The molecule has 3 heteroatoms. The molecule has 1 heterocycles. The molecule has 80 valence electrons. The van der Waals surface area contributed by atoms with Gasteiger partial charge in [0.2, 0.25) is 0 Å². The predicted octanol–water partition coefficient (Wildman–Crippen LogP) is 2.89. The monoisotopic (exact) mass is 222 g/mol. The Bertz CT molecular complexity index is 399. The van der Waals surface area contributed by atoms with Gasteiger partial charge < -0.3 is 11.1 Å². The highest BCUT2D eigenvalue weighted by molar-refractivity contribution is 6.30. The SMILES string of the molecule is CCC1C=C(CN)c2cc(Cl)ccc2N1. The van der Waals surface area contributed by atoms with E-state index in [9.17, 15) is 0 Å². The van der Waals surface area contributed by atoms with Gasteiger partial charge in [0, 0.05) is 28.9 Å². The van der Waals surface area contributed by atoms with Crippen molar-refractivity contribution in [2.24, 2.45) is 5.73 Å². The first-order valence-corrected chi connectivity index (χ1v) is 5.59. The summed E-state index contributed by atoms with van der Waals surface area (Å²) in [6.07, 6.45) is 3.25. The summed E-state index contributed by atoms with van der Waals surface area (Å²) in [6, 6.07) is 6.27. The molecule has 0 aromatic heterocycles. The van der Waals surface area contributed by atoms with E-state index in [0.717, 1.165) is 22.7 Å². The van der Waals surface area contributed by atoms with Crippen molar-refractivity contribution in [1.82, 2.24) is 0 Å². The second-order valence-electron chi connectivity index (χ2n) is 3.75. The number of fused-ring (bicyclic) bond motifs is 1. The summed E-state index contributed by atoms with van der Waals surface area (Å²) in [5, 5.41) is 4.20. The summed E-state index contributed by atoms with van der Waals surface area (Å²) in [5.41, 5.74) is 9.19. The molecule has 2 rings (SSSR count). The van der Waals surface area contributed by atoms with E-state index in [4.69, 9.17) is 17.3 Å². The smallest absolute Gasteiger partial charge is 0.0448 e. The number of halogens is 1. The molecule has 1 aliphatic heterocycles. The fraction of sp³-hybridized carbons (Fsp3) is 0.333. The molecule has 3 N–H and O–H groups in total. The third-order valence-electron chi connectivity index (χ3n) is 2.73. The maximum Gasteiger partial charge on any atom is 0.0448 e. The molecule has 0 aliphatic carbocycles. The van der Waals surface area contributed by atoms with E-state index < -0.39 is 0 Å². The minimum atomic E-state index is 0.386. The minimum Gasteiger partial charge on any atom is -0.378 e. The molecule has 0 fully saturated rings. The highest BCUT2D eigenvalue weighted by atomic mass is 35.5. The van der Waals surface area contributed by atoms with Crippen LogP contribution in [0.3, 0.4) is 0 Å². The zero-order valence-electron chi connectivity index (χ0n) is 8.76. The summed E-state index contributed by atoms with van der Waals surface area (Å²) in [5.74, 6) is 0. The van der Waals surface area contributed by atoms with Crippen LogP contribution in [0.5, 0.6) is 0 Å². The van der Waals surface area contributed by atoms with Gasteiger partial charge in [0.05, 0.1) is 0 Å². The van der Waals surface area contributed by atoms with E-state index in [0.29, 0.717) is 12.6 Å². The zero-order chi connectivity index (χ0) is 10.8. The van der Waals surface area contributed by atoms with Crippen LogP contribution in [0.1, 0.15) is 18.9 Å². The number of nitrogens with one attached hydrogen (secondary N) is 1. The minimum absolute atomic E-state index is 0.386. The third kappa shape index (κ3) is 2.01. The number of rotatable bonds is 2. The predicted molar refractivity (Wildman–Crippen MR) is 66.2 cm³/mol. The lowest BCUT2D eigenvalue weighted by Gasteiger charge is -2.25. The standard InChI is InChI=1S/C12H15ClN2/c1-2-10-5-8(7-14)11-6-9(13)3-4-12(11)15-10/h3-6,10,15H,2,7,14H2,1H3. The van der Waals surface area contributed by atoms with Crippen LogP contribution in [0.15, 0.2) is 24.3 Å². The Labute approximate surface area is 95.1 Å². The van der Waals surface area contributed by atoms with Crippen molar-refractivity contribution < 1.29 is 0 Å². The van der Waals surface area contributed by atoms with Crippen molar-refractivity contribution in [2.45, 2.75) is 19.4 Å². The molecule has 0 bridgehead atoms. The normalized spacial score (nSPS) is 19.1. The molecule has 1 atom stereocenters. The fourth-order valence-corrected chi connectivity index (χ4v) is 2.05. The Morgan fingerprint density at radius 2 is 2.27 bits per heavy atom. The maximum atomic E-state index is 5.97. The van der Waals surface area contributed by atoms with Crippen LogP contribution in [0.2, 0.25) is 5.02 Å². The van der Waals surface area contributed by atoms with Crippen LogP contribution >= 0.6 is 11.6 Å². The number of benzene rings is 1. The molecule has 0 radical (unpaired) electrons. The molecular weight excluding hydrogens is 208 g/mol. The zero-order valence-corrected chi connectivity index (χ0v) is 9.51. The topological polar surface area (TPSA) is 38.0 Å². The first-order chi connectivity index (χ1) is 7.24. The van der Waals surface area contributed by atoms with E-state index in [1.807, 2.05) is 18.2 Å². The Morgan fingerprint density at radius 1 is 1.47 bits per heavy atom. The van der Waals surface area contributed by atoms with Gasteiger partial charge in [0.25, 0.3) is 0 Å². The van der Waals surface area contributed by atoms with Crippen LogP contribution in [-0.4, -0.2) is 12.6 Å². The molecular formula is C12H15ClN2.